The van der Waals surface area contributed by atoms with Crippen molar-refractivity contribution in [1.29, 1.82) is 0 Å². The molecule has 3 heteroatoms. The van der Waals surface area contributed by atoms with Crippen molar-refractivity contribution < 1.29 is 9.90 Å². The van der Waals surface area contributed by atoms with Crippen LogP contribution in [0.5, 0.6) is 0 Å². The van der Waals surface area contributed by atoms with Crippen molar-refractivity contribution in [3.05, 3.63) is 35.4 Å². The van der Waals surface area contributed by atoms with Gasteiger partial charge in [-0.2, -0.15) is 0 Å². The van der Waals surface area contributed by atoms with E-state index in [9.17, 15) is 4.79 Å². The highest BCUT2D eigenvalue weighted by atomic mass is 16.2. The van der Waals surface area contributed by atoms with E-state index < -0.39 is 0 Å². The summed E-state index contributed by atoms with van der Waals surface area (Å²) < 4.78 is 0. The molecule has 0 bridgehead atoms. The van der Waals surface area contributed by atoms with Gasteiger partial charge in [0.2, 0.25) is 0 Å². The molecule has 0 aliphatic carbocycles. The molecule has 3 nitrogen and oxygen atoms in total. The Labute approximate surface area is 95.5 Å². The number of rotatable bonds is 2. The molecule has 0 saturated carbocycles. The Hall–Kier alpha value is -1.79. The standard InChI is InChI=1S/C13H15NO2/c1-10(2)14-13(16)12-7-3-5-11(9-12)6-4-8-15/h3,5,7,9-10,15H,8H2,1-2H3,(H,14,16). The minimum atomic E-state index is -0.178. The summed E-state index contributed by atoms with van der Waals surface area (Å²) >= 11 is 0. The van der Waals surface area contributed by atoms with Gasteiger partial charge in [-0.3, -0.25) is 4.79 Å². The van der Waals surface area contributed by atoms with Crippen molar-refractivity contribution >= 4 is 5.91 Å². The Balaban J connectivity index is 2.85. The van der Waals surface area contributed by atoms with Crippen LogP contribution >= 0.6 is 0 Å². The first-order valence-corrected chi connectivity index (χ1v) is 5.14. The van der Waals surface area contributed by atoms with Crippen molar-refractivity contribution in [3.8, 4) is 11.8 Å². The van der Waals surface area contributed by atoms with E-state index in [1.807, 2.05) is 13.8 Å². The summed E-state index contributed by atoms with van der Waals surface area (Å²) in [6.07, 6.45) is 0. The Morgan fingerprint density at radius 1 is 1.50 bits per heavy atom. The monoisotopic (exact) mass is 217 g/mol. The fourth-order valence-corrected chi connectivity index (χ4v) is 1.23. The van der Waals surface area contributed by atoms with Gasteiger partial charge in [-0.15, -0.1) is 0 Å². The second-order valence-electron chi connectivity index (χ2n) is 3.67. The fraction of sp³-hybridized carbons (Fsp3) is 0.308. The Morgan fingerprint density at radius 2 is 2.25 bits per heavy atom. The first-order chi connectivity index (χ1) is 7.63. The van der Waals surface area contributed by atoms with Gasteiger partial charge in [0.05, 0.1) is 0 Å². The summed E-state index contributed by atoms with van der Waals surface area (Å²) in [6, 6.07) is 7.13. The average Bonchev–Trinajstić information content (AvgIpc) is 2.26. The van der Waals surface area contributed by atoms with E-state index in [-0.39, 0.29) is 18.6 Å². The molecule has 16 heavy (non-hydrogen) atoms. The zero-order chi connectivity index (χ0) is 12.0. The molecule has 84 valence electrons. The SMILES string of the molecule is CC(C)NC(=O)c1cccc(C#CCO)c1. The van der Waals surface area contributed by atoms with Crippen molar-refractivity contribution in [1.82, 2.24) is 5.32 Å². The first-order valence-electron chi connectivity index (χ1n) is 5.14. The number of aliphatic hydroxyl groups excluding tert-OH is 1. The average molecular weight is 217 g/mol. The van der Waals surface area contributed by atoms with Gasteiger partial charge in [-0.25, -0.2) is 0 Å². The maximum absolute atomic E-state index is 11.7. The van der Waals surface area contributed by atoms with Crippen LogP contribution in [0.4, 0.5) is 0 Å². The van der Waals surface area contributed by atoms with E-state index in [1.54, 1.807) is 24.3 Å². The van der Waals surface area contributed by atoms with Crippen LogP contribution in [0.3, 0.4) is 0 Å². The molecule has 1 aromatic carbocycles. The molecule has 1 aromatic rings. The maximum Gasteiger partial charge on any atom is 0.251 e. The van der Waals surface area contributed by atoms with Gasteiger partial charge in [-0.05, 0) is 32.0 Å². The summed E-state index contributed by atoms with van der Waals surface area (Å²) in [5.74, 6) is 5.20. The number of carbonyl (C=O) groups excluding carboxylic acids is 1. The molecule has 0 aliphatic rings. The lowest BCUT2D eigenvalue weighted by Gasteiger charge is -2.08. The molecule has 0 atom stereocenters. The largest absolute Gasteiger partial charge is 0.384 e. The van der Waals surface area contributed by atoms with E-state index in [0.717, 1.165) is 5.56 Å². The van der Waals surface area contributed by atoms with E-state index >= 15 is 0 Å². The number of aliphatic hydroxyl groups is 1. The number of hydrogen-bond donors (Lipinski definition) is 2. The molecule has 0 radical (unpaired) electrons. The molecule has 0 saturated heterocycles. The molecular weight excluding hydrogens is 202 g/mol. The van der Waals surface area contributed by atoms with E-state index in [0.29, 0.717) is 5.56 Å². The Bertz CT molecular complexity index is 427. The van der Waals surface area contributed by atoms with Crippen molar-refractivity contribution in [2.45, 2.75) is 19.9 Å². The summed E-state index contributed by atoms with van der Waals surface area (Å²) in [4.78, 5) is 11.7. The second-order valence-corrected chi connectivity index (χ2v) is 3.67. The molecule has 0 unspecified atom stereocenters. The van der Waals surface area contributed by atoms with E-state index in [4.69, 9.17) is 5.11 Å². The lowest BCUT2D eigenvalue weighted by molar-refractivity contribution is 0.0943. The van der Waals surface area contributed by atoms with Crippen LogP contribution in [0.1, 0.15) is 29.8 Å². The summed E-state index contributed by atoms with van der Waals surface area (Å²) in [7, 11) is 0. The predicted octanol–water partition coefficient (Wildman–Crippen LogP) is 1.17. The van der Waals surface area contributed by atoms with Crippen molar-refractivity contribution in [3.63, 3.8) is 0 Å². The normalized spacial score (nSPS) is 9.50. The second kappa shape index (κ2) is 5.94. The quantitative estimate of drug-likeness (QED) is 0.730. The molecule has 0 aromatic heterocycles. The maximum atomic E-state index is 11.7. The Kier molecular flexibility index (Phi) is 4.56. The molecule has 1 amide bonds. The highest BCUT2D eigenvalue weighted by molar-refractivity contribution is 5.94. The minimum Gasteiger partial charge on any atom is -0.384 e. The topological polar surface area (TPSA) is 49.3 Å². The van der Waals surface area contributed by atoms with Crippen LogP contribution in [-0.2, 0) is 0 Å². The molecule has 0 spiro atoms. The number of amides is 1. The van der Waals surface area contributed by atoms with Crippen LogP contribution < -0.4 is 5.32 Å². The van der Waals surface area contributed by atoms with Gasteiger partial charge in [0.1, 0.15) is 6.61 Å². The first kappa shape index (κ1) is 12.3. The highest BCUT2D eigenvalue weighted by Crippen LogP contribution is 2.04. The van der Waals surface area contributed by atoms with Crippen molar-refractivity contribution in [2.75, 3.05) is 6.61 Å². The van der Waals surface area contributed by atoms with Gasteiger partial charge in [-0.1, -0.05) is 17.9 Å². The third-order valence-electron chi connectivity index (χ3n) is 1.86. The van der Waals surface area contributed by atoms with Gasteiger partial charge < -0.3 is 10.4 Å². The number of benzene rings is 1. The van der Waals surface area contributed by atoms with Crippen LogP contribution in [0.2, 0.25) is 0 Å². The lowest BCUT2D eigenvalue weighted by Crippen LogP contribution is -2.30. The zero-order valence-corrected chi connectivity index (χ0v) is 9.45. The zero-order valence-electron chi connectivity index (χ0n) is 9.45. The predicted molar refractivity (Wildman–Crippen MR) is 63.0 cm³/mol. The smallest absolute Gasteiger partial charge is 0.251 e. The summed E-state index contributed by atoms with van der Waals surface area (Å²) in [6.45, 7) is 3.64. The van der Waals surface area contributed by atoms with Crippen LogP contribution in [0, 0.1) is 11.8 Å². The van der Waals surface area contributed by atoms with Gasteiger partial charge >= 0.3 is 0 Å². The molecular formula is C13H15NO2. The number of nitrogens with one attached hydrogen (secondary N) is 1. The van der Waals surface area contributed by atoms with Crippen LogP contribution in [0.25, 0.3) is 0 Å². The fourth-order valence-electron chi connectivity index (χ4n) is 1.23. The third kappa shape index (κ3) is 3.76. The number of hydrogen-bond acceptors (Lipinski definition) is 2. The molecule has 2 N–H and O–H groups in total. The number of carbonyl (C=O) groups is 1. The van der Waals surface area contributed by atoms with Crippen molar-refractivity contribution in [2.24, 2.45) is 0 Å². The third-order valence-corrected chi connectivity index (χ3v) is 1.86. The molecule has 0 fully saturated rings. The van der Waals surface area contributed by atoms with Crippen LogP contribution in [-0.4, -0.2) is 23.7 Å². The highest BCUT2D eigenvalue weighted by Gasteiger charge is 2.06. The van der Waals surface area contributed by atoms with Gasteiger partial charge in [0.25, 0.3) is 5.91 Å². The molecule has 0 aliphatic heterocycles. The van der Waals surface area contributed by atoms with Gasteiger partial charge in [0.15, 0.2) is 0 Å². The molecule has 0 heterocycles. The van der Waals surface area contributed by atoms with E-state index in [2.05, 4.69) is 17.2 Å². The summed E-state index contributed by atoms with van der Waals surface area (Å²) in [5, 5.41) is 11.4. The lowest BCUT2D eigenvalue weighted by atomic mass is 10.1. The molecule has 1 rings (SSSR count). The van der Waals surface area contributed by atoms with Crippen LogP contribution in [0.15, 0.2) is 24.3 Å². The summed E-state index contributed by atoms with van der Waals surface area (Å²) in [5.41, 5.74) is 1.31. The minimum absolute atomic E-state index is 0.109. The Morgan fingerprint density at radius 3 is 2.88 bits per heavy atom. The van der Waals surface area contributed by atoms with E-state index in [1.165, 1.54) is 0 Å². The van der Waals surface area contributed by atoms with Gasteiger partial charge in [0, 0.05) is 17.2 Å².